The van der Waals surface area contributed by atoms with Crippen LogP contribution < -0.4 is 9.80 Å². The highest BCUT2D eigenvalue weighted by atomic mass is 35.5. The summed E-state index contributed by atoms with van der Waals surface area (Å²) in [6.07, 6.45) is 0. The van der Waals surface area contributed by atoms with Crippen molar-refractivity contribution in [1.29, 1.82) is 0 Å². The number of rotatable bonds is 3. The summed E-state index contributed by atoms with van der Waals surface area (Å²) < 4.78 is 0. The van der Waals surface area contributed by atoms with E-state index in [1.54, 1.807) is 11.0 Å². The van der Waals surface area contributed by atoms with E-state index in [-0.39, 0.29) is 11.7 Å². The van der Waals surface area contributed by atoms with E-state index in [2.05, 4.69) is 0 Å². The van der Waals surface area contributed by atoms with Gasteiger partial charge in [-0.15, -0.1) is 0 Å². The van der Waals surface area contributed by atoms with Crippen LogP contribution in [0.25, 0.3) is 5.76 Å². The number of para-hydroxylation sites is 1. The molecule has 3 rings (SSSR count). The summed E-state index contributed by atoms with van der Waals surface area (Å²) in [5.41, 5.74) is 2.49. The summed E-state index contributed by atoms with van der Waals surface area (Å²) in [4.78, 5) is 16.6. The Hall–Kier alpha value is -2.46. The van der Waals surface area contributed by atoms with Crippen LogP contribution in [0.4, 0.5) is 11.4 Å². The SMILES string of the molecule is CCN(C(=O)C1=C(O)c2c(Cl)cccc2N(C)C1)c1ccccc1. The lowest BCUT2D eigenvalue weighted by atomic mass is 9.99. The van der Waals surface area contributed by atoms with Gasteiger partial charge in [0, 0.05) is 25.0 Å². The third-order valence-corrected chi connectivity index (χ3v) is 4.52. The van der Waals surface area contributed by atoms with Crippen LogP contribution in [-0.2, 0) is 4.79 Å². The Balaban J connectivity index is 2.06. The first kappa shape index (κ1) is 16.4. The summed E-state index contributed by atoms with van der Waals surface area (Å²) in [5.74, 6) is -0.244. The fourth-order valence-electron chi connectivity index (χ4n) is 3.00. The van der Waals surface area contributed by atoms with Crippen LogP contribution in [0.5, 0.6) is 0 Å². The van der Waals surface area contributed by atoms with Gasteiger partial charge in [-0.05, 0) is 31.2 Å². The molecule has 1 aliphatic heterocycles. The van der Waals surface area contributed by atoms with Crippen molar-refractivity contribution in [3.8, 4) is 0 Å². The number of carbonyl (C=O) groups is 1. The van der Waals surface area contributed by atoms with Gasteiger partial charge in [-0.2, -0.15) is 0 Å². The normalized spacial score (nSPS) is 13.7. The molecule has 0 unspecified atom stereocenters. The van der Waals surface area contributed by atoms with Gasteiger partial charge in [-0.3, -0.25) is 4.79 Å². The van der Waals surface area contributed by atoms with Gasteiger partial charge in [-0.25, -0.2) is 0 Å². The summed E-state index contributed by atoms with van der Waals surface area (Å²) >= 11 is 6.26. The average Bonchev–Trinajstić information content (AvgIpc) is 2.59. The molecular formula is C19H19ClN2O2. The summed E-state index contributed by atoms with van der Waals surface area (Å²) in [6, 6.07) is 14.9. The number of anilines is 2. The predicted octanol–water partition coefficient (Wildman–Crippen LogP) is 4.11. The second kappa shape index (κ2) is 6.57. The monoisotopic (exact) mass is 342 g/mol. The quantitative estimate of drug-likeness (QED) is 0.912. The Morgan fingerprint density at radius 2 is 1.92 bits per heavy atom. The van der Waals surface area contributed by atoms with E-state index in [1.165, 1.54) is 0 Å². The predicted molar refractivity (Wildman–Crippen MR) is 98.7 cm³/mol. The maximum Gasteiger partial charge on any atom is 0.259 e. The van der Waals surface area contributed by atoms with Gasteiger partial charge in [0.15, 0.2) is 0 Å². The lowest BCUT2D eigenvalue weighted by Gasteiger charge is -2.31. The van der Waals surface area contributed by atoms with Crippen molar-refractivity contribution in [2.24, 2.45) is 0 Å². The number of likely N-dealkylation sites (N-methyl/N-ethyl adjacent to an activating group) is 2. The van der Waals surface area contributed by atoms with E-state index in [0.717, 1.165) is 11.4 Å². The van der Waals surface area contributed by atoms with Gasteiger partial charge in [0.05, 0.1) is 22.7 Å². The minimum Gasteiger partial charge on any atom is -0.507 e. The Bertz CT molecular complexity index is 802. The molecule has 2 aromatic carbocycles. The Morgan fingerprint density at radius 1 is 1.21 bits per heavy atom. The van der Waals surface area contributed by atoms with Gasteiger partial charge >= 0.3 is 0 Å². The van der Waals surface area contributed by atoms with E-state index in [0.29, 0.717) is 29.2 Å². The fraction of sp³-hybridized carbons (Fsp3) is 0.211. The van der Waals surface area contributed by atoms with Crippen LogP contribution in [0.2, 0.25) is 5.02 Å². The van der Waals surface area contributed by atoms with Gasteiger partial charge in [0.1, 0.15) is 5.76 Å². The van der Waals surface area contributed by atoms with Gasteiger partial charge in [-0.1, -0.05) is 35.9 Å². The molecule has 24 heavy (non-hydrogen) atoms. The molecule has 1 aliphatic rings. The zero-order valence-electron chi connectivity index (χ0n) is 13.7. The number of aliphatic hydroxyl groups is 1. The molecule has 0 spiro atoms. The lowest BCUT2D eigenvalue weighted by Crippen LogP contribution is -2.38. The van der Waals surface area contributed by atoms with Crippen LogP contribution >= 0.6 is 11.6 Å². The highest BCUT2D eigenvalue weighted by Gasteiger charge is 2.30. The number of carbonyl (C=O) groups excluding carboxylic acids is 1. The second-order valence-electron chi connectivity index (χ2n) is 5.70. The minimum atomic E-state index is -0.210. The third-order valence-electron chi connectivity index (χ3n) is 4.21. The van der Waals surface area contributed by atoms with Crippen molar-refractivity contribution in [1.82, 2.24) is 0 Å². The van der Waals surface area contributed by atoms with Crippen LogP contribution in [0.1, 0.15) is 12.5 Å². The fourth-order valence-corrected chi connectivity index (χ4v) is 3.26. The number of hydrogen-bond acceptors (Lipinski definition) is 3. The van der Waals surface area contributed by atoms with Crippen molar-refractivity contribution >= 4 is 34.6 Å². The van der Waals surface area contributed by atoms with E-state index in [1.807, 2.05) is 61.3 Å². The maximum atomic E-state index is 13.0. The first-order chi connectivity index (χ1) is 11.5. The molecule has 2 aromatic rings. The molecule has 1 amide bonds. The number of hydrogen-bond donors (Lipinski definition) is 1. The average molecular weight is 343 g/mol. The second-order valence-corrected chi connectivity index (χ2v) is 6.11. The van der Waals surface area contributed by atoms with Crippen LogP contribution in [0.15, 0.2) is 54.1 Å². The molecule has 0 saturated heterocycles. The molecule has 0 aliphatic carbocycles. The lowest BCUT2D eigenvalue weighted by molar-refractivity contribution is -0.115. The van der Waals surface area contributed by atoms with Crippen molar-refractivity contribution in [3.63, 3.8) is 0 Å². The Morgan fingerprint density at radius 3 is 2.58 bits per heavy atom. The largest absolute Gasteiger partial charge is 0.507 e. The molecular weight excluding hydrogens is 324 g/mol. The first-order valence-electron chi connectivity index (χ1n) is 7.83. The number of benzene rings is 2. The summed E-state index contributed by atoms with van der Waals surface area (Å²) in [6.45, 7) is 2.76. The van der Waals surface area contributed by atoms with E-state index < -0.39 is 0 Å². The standard InChI is InChI=1S/C19H19ClN2O2/c1-3-22(13-8-5-4-6-9-13)19(24)14-12-21(2)16-11-7-10-15(20)17(16)18(14)23/h4-11,23H,3,12H2,1-2H3. The topological polar surface area (TPSA) is 43.8 Å². The molecule has 4 nitrogen and oxygen atoms in total. The van der Waals surface area contributed by atoms with E-state index in [4.69, 9.17) is 11.6 Å². The molecule has 0 saturated carbocycles. The highest BCUT2D eigenvalue weighted by molar-refractivity contribution is 6.33. The van der Waals surface area contributed by atoms with Crippen molar-refractivity contribution < 1.29 is 9.90 Å². The number of nitrogens with zero attached hydrogens (tertiary/aromatic N) is 2. The van der Waals surface area contributed by atoms with E-state index >= 15 is 0 Å². The number of amides is 1. The third kappa shape index (κ3) is 2.74. The molecule has 1 N–H and O–H groups in total. The summed E-state index contributed by atoms with van der Waals surface area (Å²) in [7, 11) is 1.88. The molecule has 0 fully saturated rings. The summed E-state index contributed by atoms with van der Waals surface area (Å²) in [5, 5.41) is 11.1. The molecule has 0 atom stereocenters. The molecule has 124 valence electrons. The zero-order chi connectivity index (χ0) is 17.3. The number of fused-ring (bicyclic) bond motifs is 1. The van der Waals surface area contributed by atoms with Crippen molar-refractivity contribution in [2.75, 3.05) is 29.9 Å². The molecule has 0 radical (unpaired) electrons. The first-order valence-corrected chi connectivity index (χ1v) is 8.21. The smallest absolute Gasteiger partial charge is 0.259 e. The van der Waals surface area contributed by atoms with E-state index in [9.17, 15) is 9.90 Å². The van der Waals surface area contributed by atoms with Gasteiger partial charge < -0.3 is 14.9 Å². The maximum absolute atomic E-state index is 13.0. The Labute approximate surface area is 146 Å². The van der Waals surface area contributed by atoms with Crippen LogP contribution in [0, 0.1) is 0 Å². The van der Waals surface area contributed by atoms with Gasteiger partial charge in [0.2, 0.25) is 0 Å². The van der Waals surface area contributed by atoms with Crippen molar-refractivity contribution in [2.45, 2.75) is 6.92 Å². The molecule has 5 heteroatoms. The van der Waals surface area contributed by atoms with Gasteiger partial charge in [0.25, 0.3) is 5.91 Å². The highest BCUT2D eigenvalue weighted by Crippen LogP contribution is 2.38. The molecule has 1 heterocycles. The minimum absolute atomic E-state index is 0.0342. The van der Waals surface area contributed by atoms with Crippen LogP contribution in [-0.4, -0.2) is 31.2 Å². The van der Waals surface area contributed by atoms with Crippen molar-refractivity contribution in [3.05, 3.63) is 64.7 Å². The molecule has 0 bridgehead atoms. The Kier molecular flexibility index (Phi) is 4.49. The zero-order valence-corrected chi connectivity index (χ0v) is 14.4. The number of aliphatic hydroxyl groups excluding tert-OH is 1. The van der Waals surface area contributed by atoms with Crippen LogP contribution in [0.3, 0.4) is 0 Å². The number of halogens is 1. The molecule has 0 aromatic heterocycles.